The van der Waals surface area contributed by atoms with Gasteiger partial charge in [-0.3, -0.25) is 14.4 Å². The second-order valence-electron chi connectivity index (χ2n) is 10.9. The predicted molar refractivity (Wildman–Crippen MR) is 176 cm³/mol. The summed E-state index contributed by atoms with van der Waals surface area (Å²) >= 11 is 1.10. The monoisotopic (exact) mass is 652 g/mol. The summed E-state index contributed by atoms with van der Waals surface area (Å²) in [6, 6.07) is 5.54. The van der Waals surface area contributed by atoms with Gasteiger partial charge in [0.15, 0.2) is 22.3 Å². The number of hydrogen-bond donors (Lipinski definition) is 3. The van der Waals surface area contributed by atoms with Gasteiger partial charge in [-0.15, -0.1) is 11.3 Å². The first kappa shape index (κ1) is 34.2. The lowest BCUT2D eigenvalue weighted by atomic mass is 9.95. The number of anilines is 2. The van der Waals surface area contributed by atoms with Crippen LogP contribution in [0.3, 0.4) is 0 Å². The molecule has 4 rings (SSSR count). The fourth-order valence-electron chi connectivity index (χ4n) is 5.51. The van der Waals surface area contributed by atoms with Gasteiger partial charge in [0, 0.05) is 17.9 Å². The van der Waals surface area contributed by atoms with Crippen molar-refractivity contribution < 1.29 is 33.3 Å². The number of rotatable bonds is 12. The first-order chi connectivity index (χ1) is 22.1. The van der Waals surface area contributed by atoms with Crippen LogP contribution < -0.4 is 35.6 Å². The Balaban J connectivity index is 1.80. The maximum Gasteiger partial charge on any atom is 0.357 e. The van der Waals surface area contributed by atoms with Crippen LogP contribution in [0, 0.1) is 5.92 Å². The average molecular weight is 653 g/mol. The van der Waals surface area contributed by atoms with E-state index < -0.39 is 24.0 Å². The van der Waals surface area contributed by atoms with Gasteiger partial charge in [-0.25, -0.2) is 9.78 Å². The molecule has 246 valence electrons. The molecule has 0 aliphatic heterocycles. The molecular formula is C33H40N4O8S. The summed E-state index contributed by atoms with van der Waals surface area (Å²) in [4.78, 5) is 55.9. The van der Waals surface area contributed by atoms with Crippen molar-refractivity contribution in [1.29, 1.82) is 0 Å². The molecule has 13 heteroatoms. The van der Waals surface area contributed by atoms with Crippen LogP contribution in [0.1, 0.15) is 68.2 Å². The Morgan fingerprint density at radius 1 is 1.07 bits per heavy atom. The summed E-state index contributed by atoms with van der Waals surface area (Å²) in [5.41, 5.74) is 2.85. The van der Waals surface area contributed by atoms with Crippen LogP contribution in [0.15, 0.2) is 34.4 Å². The Hall–Kier alpha value is -4.65. The highest BCUT2D eigenvalue weighted by Gasteiger charge is 2.31. The molecule has 12 nitrogen and oxygen atoms in total. The standard InChI is InChI=1S/C33H40N4O8S/c1-8-17(3)28(31(40)37-33-36-24(16-46-33)32(41)45-9-2)35-23-13-11-20-21(15-25(23)39)22(34-18(4)38)12-10-19-14-26(42-5)29(43-6)30(44-7)27(19)20/h11,13-17,22,28H,8-10,12H2,1-7H3,(H,34,38)(H,35,39)(H,36,37,40)/t17-,22-,28+/m0/s1. The number of amides is 2. The Morgan fingerprint density at radius 2 is 1.80 bits per heavy atom. The molecule has 0 unspecified atom stereocenters. The molecule has 1 aliphatic carbocycles. The van der Waals surface area contributed by atoms with E-state index in [2.05, 4.69) is 20.9 Å². The van der Waals surface area contributed by atoms with Gasteiger partial charge in [-0.2, -0.15) is 0 Å². The fraction of sp³-hybridized carbons (Fsp3) is 0.424. The van der Waals surface area contributed by atoms with Gasteiger partial charge in [0.1, 0.15) is 6.04 Å². The average Bonchev–Trinajstić information content (AvgIpc) is 3.38. The smallest absolute Gasteiger partial charge is 0.357 e. The van der Waals surface area contributed by atoms with Crippen molar-refractivity contribution in [3.63, 3.8) is 0 Å². The number of hydrogen-bond acceptors (Lipinski definition) is 11. The summed E-state index contributed by atoms with van der Waals surface area (Å²) in [6.45, 7) is 7.19. The van der Waals surface area contributed by atoms with Gasteiger partial charge in [0.25, 0.3) is 0 Å². The zero-order chi connectivity index (χ0) is 33.5. The first-order valence-corrected chi connectivity index (χ1v) is 15.9. The van der Waals surface area contributed by atoms with Crippen molar-refractivity contribution >= 4 is 39.9 Å². The number of carbonyl (C=O) groups excluding carboxylic acids is 3. The normalized spacial score (nSPS) is 14.8. The molecular weight excluding hydrogens is 612 g/mol. The van der Waals surface area contributed by atoms with Crippen LogP contribution in [-0.2, 0) is 20.7 Å². The number of carbonyl (C=O) groups is 3. The summed E-state index contributed by atoms with van der Waals surface area (Å²) in [7, 11) is 4.61. The van der Waals surface area contributed by atoms with Crippen LogP contribution in [-0.4, -0.2) is 56.7 Å². The minimum absolute atomic E-state index is 0.104. The van der Waals surface area contributed by atoms with Gasteiger partial charge in [0.2, 0.25) is 23.0 Å². The highest BCUT2D eigenvalue weighted by molar-refractivity contribution is 7.14. The van der Waals surface area contributed by atoms with Crippen molar-refractivity contribution in [2.45, 2.75) is 59.0 Å². The van der Waals surface area contributed by atoms with Crippen LogP contribution in [0.2, 0.25) is 0 Å². The Bertz CT molecular complexity index is 1670. The lowest BCUT2D eigenvalue weighted by molar-refractivity contribution is -0.120. The molecule has 0 saturated heterocycles. The summed E-state index contributed by atoms with van der Waals surface area (Å²) in [6.07, 6.45) is 1.72. The number of ether oxygens (including phenoxy) is 4. The quantitative estimate of drug-likeness (QED) is 0.229. The molecule has 0 bridgehead atoms. The summed E-state index contributed by atoms with van der Waals surface area (Å²) in [5, 5.41) is 10.7. The number of benzene rings is 1. The minimum atomic E-state index is -0.813. The molecule has 2 amide bonds. The van der Waals surface area contributed by atoms with Gasteiger partial charge in [-0.1, -0.05) is 26.3 Å². The lowest BCUT2D eigenvalue weighted by Crippen LogP contribution is -2.40. The van der Waals surface area contributed by atoms with E-state index >= 15 is 0 Å². The van der Waals surface area contributed by atoms with Crippen LogP contribution in [0.4, 0.5) is 10.8 Å². The molecule has 3 N–H and O–H groups in total. The summed E-state index contributed by atoms with van der Waals surface area (Å²) < 4.78 is 22.1. The van der Waals surface area contributed by atoms with Gasteiger partial charge >= 0.3 is 5.97 Å². The number of aromatic nitrogens is 1. The van der Waals surface area contributed by atoms with E-state index in [1.807, 2.05) is 19.9 Å². The number of nitrogens with zero attached hydrogens (tertiary/aromatic N) is 1. The third kappa shape index (κ3) is 7.25. The number of fused-ring (bicyclic) bond motifs is 3. The maximum atomic E-state index is 13.8. The molecule has 2 aromatic carbocycles. The second kappa shape index (κ2) is 15.1. The molecule has 0 fully saturated rings. The molecule has 0 spiro atoms. The SMILES string of the molecule is CCOC(=O)c1csc(NC(=O)[C@H](Nc2ccc3c(cc2=O)[C@@H](NC(C)=O)CCc2cc(OC)c(OC)c(OC)c2-3)[C@@H](C)CC)n1. The first-order valence-electron chi connectivity index (χ1n) is 15.0. The van der Waals surface area contributed by atoms with E-state index in [1.165, 1.54) is 32.6 Å². The van der Waals surface area contributed by atoms with Gasteiger partial charge in [0.05, 0.1) is 39.7 Å². The van der Waals surface area contributed by atoms with Crippen LogP contribution >= 0.6 is 11.3 Å². The lowest BCUT2D eigenvalue weighted by Gasteiger charge is -2.23. The molecule has 1 aliphatic rings. The third-order valence-electron chi connectivity index (χ3n) is 7.94. The Kier molecular flexibility index (Phi) is 11.2. The predicted octanol–water partition coefficient (Wildman–Crippen LogP) is 4.96. The maximum absolute atomic E-state index is 13.8. The number of esters is 1. The van der Waals surface area contributed by atoms with Crippen molar-refractivity contribution in [3.8, 4) is 28.4 Å². The number of nitrogens with one attached hydrogen (secondary N) is 3. The van der Waals surface area contributed by atoms with E-state index in [1.54, 1.807) is 26.2 Å². The largest absolute Gasteiger partial charge is 0.493 e. The number of thiazole rings is 1. The van der Waals surface area contributed by atoms with E-state index in [4.69, 9.17) is 18.9 Å². The van der Waals surface area contributed by atoms with Gasteiger partial charge in [-0.05, 0) is 60.6 Å². The second-order valence-corrected chi connectivity index (χ2v) is 11.7. The highest BCUT2D eigenvalue weighted by atomic mass is 32.1. The molecule has 1 heterocycles. The topological polar surface area (TPSA) is 154 Å². The Morgan fingerprint density at radius 3 is 2.43 bits per heavy atom. The molecule has 46 heavy (non-hydrogen) atoms. The van der Waals surface area contributed by atoms with Crippen LogP contribution in [0.5, 0.6) is 17.2 Å². The number of aryl methyl sites for hydroxylation is 1. The molecule has 3 atom stereocenters. The minimum Gasteiger partial charge on any atom is -0.493 e. The Labute approximate surface area is 271 Å². The third-order valence-corrected chi connectivity index (χ3v) is 8.70. The van der Waals surface area contributed by atoms with Gasteiger partial charge < -0.3 is 34.9 Å². The molecule has 1 aromatic heterocycles. The fourth-order valence-corrected chi connectivity index (χ4v) is 6.19. The van der Waals surface area contributed by atoms with E-state index in [9.17, 15) is 19.2 Å². The summed E-state index contributed by atoms with van der Waals surface area (Å²) in [5.74, 6) is -0.0532. The van der Waals surface area contributed by atoms with Crippen molar-refractivity contribution in [3.05, 3.63) is 56.7 Å². The molecule has 0 saturated carbocycles. The van der Waals surface area contributed by atoms with Crippen LogP contribution in [0.25, 0.3) is 11.1 Å². The number of methoxy groups -OCH3 is 3. The van der Waals surface area contributed by atoms with E-state index in [-0.39, 0.29) is 40.4 Å². The van der Waals surface area contributed by atoms with Crippen molar-refractivity contribution in [1.82, 2.24) is 10.3 Å². The van der Waals surface area contributed by atoms with Crippen molar-refractivity contribution in [2.75, 3.05) is 38.6 Å². The zero-order valence-electron chi connectivity index (χ0n) is 27.1. The van der Waals surface area contributed by atoms with E-state index in [0.717, 1.165) is 22.5 Å². The zero-order valence-corrected chi connectivity index (χ0v) is 27.9. The molecule has 3 aromatic rings. The highest BCUT2D eigenvalue weighted by Crippen LogP contribution is 2.50. The van der Waals surface area contributed by atoms with Crippen molar-refractivity contribution in [2.24, 2.45) is 5.92 Å². The molecule has 0 radical (unpaired) electrons. The van der Waals surface area contributed by atoms with E-state index in [0.29, 0.717) is 47.6 Å².